The van der Waals surface area contributed by atoms with Crippen molar-refractivity contribution < 1.29 is 65.4 Å². The zero-order valence-electron chi connectivity index (χ0n) is 16.5. The molecule has 0 aromatic rings. The van der Waals surface area contributed by atoms with Crippen molar-refractivity contribution in [2.24, 2.45) is 0 Å². The van der Waals surface area contributed by atoms with E-state index in [4.69, 9.17) is 0 Å². The maximum Gasteiger partial charge on any atom is 0 e. The molecule has 0 bridgehead atoms. The molecule has 2 radical (unpaired) electrons. The van der Waals surface area contributed by atoms with Crippen LogP contribution < -0.4 is 0 Å². The van der Waals surface area contributed by atoms with Crippen molar-refractivity contribution in [3.05, 3.63) is 27.7 Å². The van der Waals surface area contributed by atoms with Gasteiger partial charge in [0.05, 0.1) is 0 Å². The minimum absolute atomic E-state index is 0. The van der Waals surface area contributed by atoms with E-state index in [1.807, 2.05) is 6.92 Å². The van der Waals surface area contributed by atoms with Gasteiger partial charge in [-0.1, -0.05) is 138 Å². The summed E-state index contributed by atoms with van der Waals surface area (Å²) >= 11 is 0. The van der Waals surface area contributed by atoms with Crippen LogP contribution in [0.2, 0.25) is 0 Å². The second kappa shape index (κ2) is 141. The summed E-state index contributed by atoms with van der Waals surface area (Å²) in [5, 5.41) is 0. The Kier molecular flexibility index (Phi) is 445. The third-order valence-electron chi connectivity index (χ3n) is 2.46. The van der Waals surface area contributed by atoms with E-state index in [0.29, 0.717) is 0 Å². The van der Waals surface area contributed by atoms with E-state index in [1.165, 1.54) is 57.8 Å². The van der Waals surface area contributed by atoms with Crippen molar-refractivity contribution in [3.63, 3.8) is 0 Å². The summed E-state index contributed by atoms with van der Waals surface area (Å²) in [6.07, 6.45) is 15.5. The molecule has 0 fully saturated rings. The fourth-order valence-electron chi connectivity index (χ4n) is 1.38. The molecule has 0 atom stereocenters. The summed E-state index contributed by atoms with van der Waals surface area (Å²) in [5.41, 5.74) is 0. The van der Waals surface area contributed by atoms with Gasteiger partial charge in [-0.15, -0.1) is 0 Å². The molecule has 2 heteroatoms. The molecule has 30 heavy (non-hydrogen) atoms. The van der Waals surface area contributed by atoms with Gasteiger partial charge in [0, 0.05) is 65.4 Å². The van der Waals surface area contributed by atoms with Crippen LogP contribution >= 0.6 is 0 Å². The number of hydrogen-bond acceptors (Lipinski definition) is 0. The summed E-state index contributed by atoms with van der Waals surface area (Å²) in [5.74, 6) is 0. The SMILES string of the molecule is C.C.C.C.C.C.C.C.[CH2-]C.[CH2-]CC.[CH2-]CCCCCC.[CH2-]CCCCCCC.[Y].[Y]. The molecule has 0 aliphatic carbocycles. The summed E-state index contributed by atoms with van der Waals surface area (Å²) in [6, 6.07) is 0. The largest absolute Gasteiger partial charge is 0.346 e. The van der Waals surface area contributed by atoms with E-state index in [-0.39, 0.29) is 125 Å². The average Bonchev–Trinajstić information content (AvgIpc) is 2.48. The predicted molar refractivity (Wildman–Crippen MR) is 153 cm³/mol. The van der Waals surface area contributed by atoms with Crippen molar-refractivity contribution in [1.29, 1.82) is 0 Å². The molecule has 0 heterocycles. The first-order valence-electron chi connectivity index (χ1n) is 8.83. The van der Waals surface area contributed by atoms with Gasteiger partial charge >= 0.3 is 0 Å². The minimum Gasteiger partial charge on any atom is -0.346 e. The first-order chi connectivity index (χ1) is 9.74. The van der Waals surface area contributed by atoms with Gasteiger partial charge in [0.15, 0.2) is 0 Å². The van der Waals surface area contributed by atoms with Crippen LogP contribution in [0.1, 0.15) is 164 Å². The molecule has 0 aromatic heterocycles. The van der Waals surface area contributed by atoms with Crippen molar-refractivity contribution in [3.8, 4) is 0 Å². The summed E-state index contributed by atoms with van der Waals surface area (Å²) in [4.78, 5) is 0. The van der Waals surface area contributed by atoms with Gasteiger partial charge in [-0.2, -0.15) is 26.2 Å². The molecule has 0 unspecified atom stereocenters. The van der Waals surface area contributed by atoms with Crippen LogP contribution in [0.25, 0.3) is 0 Å². The molecule has 0 rings (SSSR count). The van der Waals surface area contributed by atoms with Gasteiger partial charge in [-0.25, -0.2) is 0 Å². The smallest absolute Gasteiger partial charge is 0 e. The minimum atomic E-state index is 0. The van der Waals surface area contributed by atoms with Crippen molar-refractivity contribution in [2.75, 3.05) is 0 Å². The monoisotopic (exact) mass is 590 g/mol. The van der Waals surface area contributed by atoms with E-state index in [2.05, 4.69) is 41.5 Å². The van der Waals surface area contributed by atoms with Gasteiger partial charge in [0.1, 0.15) is 0 Å². The Bertz CT molecular complexity index is 86.6. The maximum absolute atomic E-state index is 3.78. The maximum atomic E-state index is 3.78. The third-order valence-corrected chi connectivity index (χ3v) is 2.46. The van der Waals surface area contributed by atoms with Gasteiger partial charge < -0.3 is 27.7 Å². The average molecular weight is 591 g/mol. The van der Waals surface area contributed by atoms with Crippen molar-refractivity contribution in [2.45, 2.75) is 164 Å². The van der Waals surface area contributed by atoms with Crippen LogP contribution in [-0.2, 0) is 65.4 Å². The number of unbranched alkanes of at least 4 members (excludes halogenated alkanes) is 9. The Labute approximate surface area is 254 Å². The second-order valence-corrected chi connectivity index (χ2v) is 4.68. The standard InChI is InChI=1S/C8H17.C7H15.C3H7.C2H5.8CH4.2Y/c1-3-5-7-8-6-4-2;1-3-5-7-6-4-2;1-3-2;1-2;;;;;;;;;;/h1,3-8H2,2H3;1,3-7H2,2H3;1,3H2,2H3;1H2,2H3;8*1H4;;/q4*-1;;;;;;;;;;. The molecule has 0 saturated heterocycles. The van der Waals surface area contributed by atoms with Crippen LogP contribution in [0.3, 0.4) is 0 Å². The zero-order chi connectivity index (χ0) is 16.5. The summed E-state index contributed by atoms with van der Waals surface area (Å²) in [6.45, 7) is 22.5. The van der Waals surface area contributed by atoms with Crippen LogP contribution in [0, 0.1) is 27.7 Å². The molecule has 0 aromatic carbocycles. The molecular formula is C28H76Y2-4. The molecule has 198 valence electrons. The normalized spacial score (nSPS) is 5.60. The van der Waals surface area contributed by atoms with E-state index < -0.39 is 0 Å². The quantitative estimate of drug-likeness (QED) is 0.185. The molecule has 0 aliphatic heterocycles. The van der Waals surface area contributed by atoms with Gasteiger partial charge in [0.25, 0.3) is 0 Å². The van der Waals surface area contributed by atoms with E-state index >= 15 is 0 Å². The number of hydrogen-bond donors (Lipinski definition) is 0. The summed E-state index contributed by atoms with van der Waals surface area (Å²) in [7, 11) is 0. The topological polar surface area (TPSA) is 0 Å². The van der Waals surface area contributed by atoms with Crippen molar-refractivity contribution in [1.82, 2.24) is 0 Å². The number of rotatable bonds is 9. The Morgan fingerprint density at radius 3 is 0.733 bits per heavy atom. The van der Waals surface area contributed by atoms with Crippen molar-refractivity contribution >= 4 is 0 Å². The van der Waals surface area contributed by atoms with E-state index in [0.717, 1.165) is 19.3 Å². The molecule has 0 amide bonds. The van der Waals surface area contributed by atoms with E-state index in [1.54, 1.807) is 6.92 Å². The Hall–Kier alpha value is 2.21. The molecular weight excluding hydrogens is 514 g/mol. The molecule has 0 aliphatic rings. The van der Waals surface area contributed by atoms with Gasteiger partial charge in [0.2, 0.25) is 0 Å². The van der Waals surface area contributed by atoms with Gasteiger partial charge in [-0.05, 0) is 0 Å². The first kappa shape index (κ1) is 94.6. The molecule has 0 saturated carbocycles. The predicted octanol–water partition coefficient (Wildman–Crippen LogP) is 13.1. The second-order valence-electron chi connectivity index (χ2n) is 4.68. The fourth-order valence-corrected chi connectivity index (χ4v) is 1.38. The van der Waals surface area contributed by atoms with E-state index in [9.17, 15) is 0 Å². The Morgan fingerprint density at radius 1 is 0.400 bits per heavy atom. The Morgan fingerprint density at radius 2 is 0.567 bits per heavy atom. The van der Waals surface area contributed by atoms with Gasteiger partial charge in [-0.3, -0.25) is 0 Å². The Balaban J connectivity index is -0.00000000918. The molecule has 0 spiro atoms. The summed E-state index contributed by atoms with van der Waals surface area (Å²) < 4.78 is 0. The zero-order valence-corrected chi connectivity index (χ0v) is 22.1. The van der Waals surface area contributed by atoms with Crippen LogP contribution in [0.4, 0.5) is 0 Å². The molecule has 0 nitrogen and oxygen atoms in total. The first-order valence-corrected chi connectivity index (χ1v) is 8.83. The van der Waals surface area contributed by atoms with Crippen LogP contribution in [0.15, 0.2) is 0 Å². The van der Waals surface area contributed by atoms with Crippen LogP contribution in [-0.4, -0.2) is 0 Å². The van der Waals surface area contributed by atoms with Crippen LogP contribution in [0.5, 0.6) is 0 Å². The molecule has 0 N–H and O–H groups in total. The fraction of sp³-hybridized carbons (Fsp3) is 0.857. The third kappa shape index (κ3) is 205.